The summed E-state index contributed by atoms with van der Waals surface area (Å²) in [6.07, 6.45) is -5.86. The number of ether oxygens (including phenoxy) is 1. The van der Waals surface area contributed by atoms with Crippen LogP contribution in [0.4, 0.5) is 24.8 Å². The van der Waals surface area contributed by atoms with Gasteiger partial charge in [-0.3, -0.25) is 5.10 Å². The molecule has 0 aliphatic heterocycles. The monoisotopic (exact) mass is 364 g/mol. The molecule has 2 aromatic carbocycles. The van der Waals surface area contributed by atoms with Crippen LogP contribution in [0.15, 0.2) is 48.5 Å². The van der Waals surface area contributed by atoms with Gasteiger partial charge in [0, 0.05) is 11.8 Å². The predicted octanol–water partition coefficient (Wildman–Crippen LogP) is 3.66. The first-order valence-electron chi connectivity index (χ1n) is 7.55. The summed E-state index contributed by atoms with van der Waals surface area (Å²) in [5.41, 5.74) is -0.129. The van der Waals surface area contributed by atoms with Crippen molar-refractivity contribution in [1.82, 2.24) is 15.2 Å². The van der Waals surface area contributed by atoms with E-state index < -0.39 is 17.8 Å². The van der Waals surface area contributed by atoms with E-state index in [9.17, 15) is 18.3 Å². The third-order valence-corrected chi connectivity index (χ3v) is 3.62. The minimum atomic E-state index is -4.49. The van der Waals surface area contributed by atoms with E-state index in [2.05, 4.69) is 20.5 Å². The van der Waals surface area contributed by atoms with Crippen LogP contribution in [-0.2, 0) is 6.18 Å². The zero-order chi connectivity index (χ0) is 18.7. The number of aliphatic hydroxyl groups is 1. The number of benzene rings is 2. The number of anilines is 2. The number of nitrogens with zero attached hydrogens (tertiary/aromatic N) is 2. The smallest absolute Gasteiger partial charge is 0.416 e. The Bertz CT molecular complexity index is 895. The Balaban J connectivity index is 1.79. The molecule has 0 bridgehead atoms. The number of H-pyrrole nitrogens is 1. The van der Waals surface area contributed by atoms with Crippen molar-refractivity contribution >= 4 is 11.6 Å². The molecule has 0 aliphatic carbocycles. The number of hydrogen-bond donors (Lipinski definition) is 3. The maximum Gasteiger partial charge on any atom is 0.416 e. The third kappa shape index (κ3) is 3.94. The molecular formula is C17H15F3N4O2. The lowest BCUT2D eigenvalue weighted by Crippen LogP contribution is -2.08. The normalized spacial score (nSPS) is 12.7. The van der Waals surface area contributed by atoms with Gasteiger partial charge in [0.05, 0.1) is 12.7 Å². The lowest BCUT2D eigenvalue weighted by atomic mass is 10.1. The Morgan fingerprint density at radius 3 is 2.65 bits per heavy atom. The molecule has 6 nitrogen and oxygen atoms in total. The second-order valence-electron chi connectivity index (χ2n) is 5.43. The zero-order valence-electron chi connectivity index (χ0n) is 13.6. The first kappa shape index (κ1) is 17.7. The minimum Gasteiger partial charge on any atom is -0.497 e. The quantitative estimate of drug-likeness (QED) is 0.644. The summed E-state index contributed by atoms with van der Waals surface area (Å²) in [5, 5.41) is 19.7. The van der Waals surface area contributed by atoms with Gasteiger partial charge in [-0.25, -0.2) is 0 Å². The molecule has 0 spiro atoms. The number of aliphatic hydroxyl groups excluding tert-OH is 1. The molecule has 0 saturated carbocycles. The van der Waals surface area contributed by atoms with E-state index in [1.54, 1.807) is 24.3 Å². The van der Waals surface area contributed by atoms with Crippen LogP contribution in [0.2, 0.25) is 0 Å². The fourth-order valence-electron chi connectivity index (χ4n) is 2.33. The standard InChI is InChI=1S/C17H15F3N4O2/c1-26-13-7-3-6-12(9-13)21-16-22-15(23-24-16)14(25)10-4-2-5-11(8-10)17(18,19)20/h2-9,14,25H,1H3,(H2,21,22,23,24). The van der Waals surface area contributed by atoms with Gasteiger partial charge >= 0.3 is 6.18 Å². The zero-order valence-corrected chi connectivity index (χ0v) is 13.6. The first-order valence-corrected chi connectivity index (χ1v) is 7.55. The number of aromatic nitrogens is 3. The Morgan fingerprint density at radius 1 is 1.15 bits per heavy atom. The van der Waals surface area contributed by atoms with Gasteiger partial charge in [-0.15, -0.1) is 5.10 Å². The van der Waals surface area contributed by atoms with E-state index in [4.69, 9.17) is 4.74 Å². The highest BCUT2D eigenvalue weighted by Gasteiger charge is 2.31. The molecule has 0 fully saturated rings. The number of alkyl halides is 3. The number of nitrogens with one attached hydrogen (secondary N) is 2. The van der Waals surface area contributed by atoms with Gasteiger partial charge in [0.25, 0.3) is 0 Å². The summed E-state index contributed by atoms with van der Waals surface area (Å²) >= 11 is 0. The topological polar surface area (TPSA) is 83.1 Å². The number of rotatable bonds is 5. The number of aromatic amines is 1. The van der Waals surface area contributed by atoms with Crippen LogP contribution in [0, 0.1) is 0 Å². The van der Waals surface area contributed by atoms with Crippen molar-refractivity contribution in [3.8, 4) is 5.75 Å². The van der Waals surface area contributed by atoms with Crippen LogP contribution in [0.5, 0.6) is 5.75 Å². The Kier molecular flexibility index (Phi) is 4.81. The van der Waals surface area contributed by atoms with E-state index >= 15 is 0 Å². The molecule has 3 aromatic rings. The van der Waals surface area contributed by atoms with E-state index in [1.807, 2.05) is 0 Å². The molecular weight excluding hydrogens is 349 g/mol. The van der Waals surface area contributed by atoms with Crippen LogP contribution in [0.25, 0.3) is 0 Å². The highest BCUT2D eigenvalue weighted by Crippen LogP contribution is 2.31. The molecule has 1 atom stereocenters. The van der Waals surface area contributed by atoms with Crippen molar-refractivity contribution < 1.29 is 23.0 Å². The Hall–Kier alpha value is -3.07. The fourth-order valence-corrected chi connectivity index (χ4v) is 2.33. The Morgan fingerprint density at radius 2 is 1.92 bits per heavy atom. The van der Waals surface area contributed by atoms with Crippen molar-refractivity contribution in [3.63, 3.8) is 0 Å². The number of halogens is 3. The van der Waals surface area contributed by atoms with Crippen molar-refractivity contribution in [2.75, 3.05) is 12.4 Å². The molecule has 3 rings (SSSR count). The maximum atomic E-state index is 12.8. The van der Waals surface area contributed by atoms with Crippen LogP contribution in [0.1, 0.15) is 23.1 Å². The van der Waals surface area contributed by atoms with Crippen molar-refractivity contribution in [3.05, 3.63) is 65.5 Å². The summed E-state index contributed by atoms with van der Waals surface area (Å²) < 4.78 is 43.5. The largest absolute Gasteiger partial charge is 0.497 e. The van der Waals surface area contributed by atoms with Gasteiger partial charge in [0.2, 0.25) is 5.95 Å². The average Bonchev–Trinajstić information content (AvgIpc) is 3.09. The van der Waals surface area contributed by atoms with Crippen LogP contribution >= 0.6 is 0 Å². The van der Waals surface area contributed by atoms with Crippen LogP contribution < -0.4 is 10.1 Å². The second-order valence-corrected chi connectivity index (χ2v) is 5.43. The van der Waals surface area contributed by atoms with Crippen molar-refractivity contribution in [2.45, 2.75) is 12.3 Å². The fraction of sp³-hybridized carbons (Fsp3) is 0.176. The van der Waals surface area contributed by atoms with Gasteiger partial charge in [-0.2, -0.15) is 18.2 Å². The van der Waals surface area contributed by atoms with Gasteiger partial charge in [-0.05, 0) is 29.8 Å². The molecule has 1 unspecified atom stereocenters. The van der Waals surface area contributed by atoms with Crippen LogP contribution in [0.3, 0.4) is 0 Å². The van der Waals surface area contributed by atoms with Crippen LogP contribution in [-0.4, -0.2) is 27.4 Å². The molecule has 0 radical (unpaired) electrons. The van der Waals surface area contributed by atoms with E-state index in [1.165, 1.54) is 19.2 Å². The summed E-state index contributed by atoms with van der Waals surface area (Å²) in [5.74, 6) is 0.823. The van der Waals surface area contributed by atoms with Gasteiger partial charge < -0.3 is 15.2 Å². The third-order valence-electron chi connectivity index (χ3n) is 3.62. The van der Waals surface area contributed by atoms with Gasteiger partial charge in [0.1, 0.15) is 11.9 Å². The molecule has 136 valence electrons. The van der Waals surface area contributed by atoms with E-state index in [0.29, 0.717) is 11.4 Å². The van der Waals surface area contributed by atoms with Crippen molar-refractivity contribution in [1.29, 1.82) is 0 Å². The highest BCUT2D eigenvalue weighted by molar-refractivity contribution is 5.55. The Labute approximate surface area is 146 Å². The lowest BCUT2D eigenvalue weighted by Gasteiger charge is -2.11. The molecule has 9 heteroatoms. The number of methoxy groups -OCH3 is 1. The van der Waals surface area contributed by atoms with Crippen molar-refractivity contribution in [2.24, 2.45) is 0 Å². The maximum absolute atomic E-state index is 12.8. The first-order chi connectivity index (χ1) is 12.4. The molecule has 1 aromatic heterocycles. The van der Waals surface area contributed by atoms with Gasteiger partial charge in [-0.1, -0.05) is 18.2 Å². The number of hydrogen-bond acceptors (Lipinski definition) is 5. The predicted molar refractivity (Wildman–Crippen MR) is 88.2 cm³/mol. The van der Waals surface area contributed by atoms with Gasteiger partial charge in [0.15, 0.2) is 5.82 Å². The summed E-state index contributed by atoms with van der Waals surface area (Å²) in [7, 11) is 1.54. The molecule has 0 aliphatic rings. The molecule has 26 heavy (non-hydrogen) atoms. The second kappa shape index (κ2) is 7.04. The molecule has 0 saturated heterocycles. The molecule has 3 N–H and O–H groups in total. The molecule has 1 heterocycles. The summed E-state index contributed by atoms with van der Waals surface area (Å²) in [6, 6.07) is 11.5. The lowest BCUT2D eigenvalue weighted by molar-refractivity contribution is -0.137. The highest BCUT2D eigenvalue weighted by atomic mass is 19.4. The minimum absolute atomic E-state index is 0.0229. The molecule has 0 amide bonds. The average molecular weight is 364 g/mol. The summed E-state index contributed by atoms with van der Waals surface area (Å²) in [6.45, 7) is 0. The van der Waals surface area contributed by atoms with E-state index in [0.717, 1.165) is 12.1 Å². The van der Waals surface area contributed by atoms with E-state index in [-0.39, 0.29) is 17.3 Å². The summed E-state index contributed by atoms with van der Waals surface area (Å²) in [4.78, 5) is 4.08. The SMILES string of the molecule is COc1cccc(Nc2n[nH]c(C(O)c3cccc(C(F)(F)F)c3)n2)c1.